The molecule has 8 atom stereocenters. The van der Waals surface area contributed by atoms with Gasteiger partial charge in [0.15, 0.2) is 0 Å². The molecule has 270 valence electrons. The lowest BCUT2D eigenvalue weighted by Gasteiger charge is -2.62. The van der Waals surface area contributed by atoms with Crippen LogP contribution in [0.1, 0.15) is 56.5 Å². The molecule has 1 saturated heterocycles. The van der Waals surface area contributed by atoms with Gasteiger partial charge < -0.3 is 35.4 Å². The van der Waals surface area contributed by atoms with E-state index in [2.05, 4.69) is 31.4 Å². The Bertz CT molecular complexity index is 1490. The molecule has 0 radical (unpaired) electrons. The van der Waals surface area contributed by atoms with E-state index >= 15 is 0 Å². The smallest absolute Gasteiger partial charge is 0.251 e. The molecule has 6 rings (SSSR count). The lowest BCUT2D eigenvalue weighted by molar-refractivity contribution is -0.183. The van der Waals surface area contributed by atoms with Gasteiger partial charge in [-0.05, 0) is 80.8 Å². The Balaban J connectivity index is 1.51. The monoisotopic (exact) mass is 679 g/mol. The Kier molecular flexibility index (Phi) is 11.3. The van der Waals surface area contributed by atoms with Crippen LogP contribution in [0.15, 0.2) is 36.4 Å². The zero-order chi connectivity index (χ0) is 35.8. The molecule has 11 heteroatoms. The lowest BCUT2D eigenvalue weighted by atomic mass is 9.45. The quantitative estimate of drug-likeness (QED) is 0.252. The summed E-state index contributed by atoms with van der Waals surface area (Å²) in [6.45, 7) is 9.49. The Hall–Kier alpha value is -3.22. The Labute approximate surface area is 291 Å². The Morgan fingerprint density at radius 1 is 1.14 bits per heavy atom. The summed E-state index contributed by atoms with van der Waals surface area (Å²) in [5.74, 6) is 1.07. The van der Waals surface area contributed by atoms with Crippen molar-refractivity contribution in [2.45, 2.75) is 71.4 Å². The van der Waals surface area contributed by atoms with E-state index in [0.717, 1.165) is 28.8 Å². The summed E-state index contributed by atoms with van der Waals surface area (Å²) < 4.78 is 6.53. The lowest BCUT2D eigenvalue weighted by Crippen LogP contribution is -2.62. The molecule has 0 aromatic heterocycles. The van der Waals surface area contributed by atoms with E-state index in [1.807, 2.05) is 74.4 Å². The number of aliphatic hydroxyl groups excluding tert-OH is 2. The molecule has 4 aliphatic rings. The standard InChI is InChI=1S/C38H57N5O6/c1-22-30-18-27(38(30,3)4)19-31(22)40-37(47)34-33(23(2)45)32(21-44)49-43(34)20-24-11-10-12-29(35(24)48-14-13-41(6)7)25-15-26(36(46)39-5)17-28(16-25)42(8)9/h10-12,15-17,22-23,27,30-34,44-45H,13-14,18-21H2,1-9H3,(H,39,46)(H,40,47)/t22-,23-,27-,30-,31-,32-,33+,34-/m0/s1. The number of hydrogen-bond acceptors (Lipinski definition) is 9. The number of hydroxylamine groups is 2. The minimum atomic E-state index is -0.895. The third-order valence-electron chi connectivity index (χ3n) is 11.5. The van der Waals surface area contributed by atoms with Gasteiger partial charge in [-0.1, -0.05) is 39.0 Å². The van der Waals surface area contributed by atoms with Gasteiger partial charge in [0.05, 0.1) is 19.3 Å². The summed E-state index contributed by atoms with van der Waals surface area (Å²) in [5.41, 5.74) is 4.07. The van der Waals surface area contributed by atoms with Crippen LogP contribution in [0.2, 0.25) is 0 Å². The van der Waals surface area contributed by atoms with Gasteiger partial charge >= 0.3 is 0 Å². The molecule has 11 nitrogen and oxygen atoms in total. The Morgan fingerprint density at radius 2 is 1.88 bits per heavy atom. The van der Waals surface area contributed by atoms with Crippen molar-refractivity contribution in [3.8, 4) is 16.9 Å². The number of fused-ring (bicyclic) bond motifs is 2. The fourth-order valence-corrected chi connectivity index (χ4v) is 8.39. The highest BCUT2D eigenvalue weighted by Gasteiger charge is 2.57. The number of nitrogens with one attached hydrogen (secondary N) is 2. The van der Waals surface area contributed by atoms with Gasteiger partial charge in [0.25, 0.3) is 5.91 Å². The summed E-state index contributed by atoms with van der Waals surface area (Å²) in [5, 5.41) is 29.0. The average Bonchev–Trinajstić information content (AvgIpc) is 3.43. The topological polar surface area (TPSA) is 127 Å². The number of para-hydroxylation sites is 1. The van der Waals surface area contributed by atoms with Crippen molar-refractivity contribution in [1.82, 2.24) is 20.6 Å². The number of benzene rings is 2. The first-order chi connectivity index (χ1) is 23.2. The number of carbonyl (C=O) groups excluding carboxylic acids is 2. The summed E-state index contributed by atoms with van der Waals surface area (Å²) in [6, 6.07) is 10.8. The van der Waals surface area contributed by atoms with Crippen LogP contribution in [-0.4, -0.2) is 111 Å². The summed E-state index contributed by atoms with van der Waals surface area (Å²) in [4.78, 5) is 37.4. The predicted molar refractivity (Wildman–Crippen MR) is 191 cm³/mol. The molecular formula is C38H57N5O6. The first-order valence-electron chi connectivity index (χ1n) is 17.6. The highest BCUT2D eigenvalue weighted by atomic mass is 16.7. The molecule has 2 aromatic carbocycles. The van der Waals surface area contributed by atoms with Crippen molar-refractivity contribution in [3.05, 3.63) is 47.5 Å². The average molecular weight is 680 g/mol. The molecule has 4 N–H and O–H groups in total. The third kappa shape index (κ3) is 7.46. The number of aliphatic hydroxyl groups is 2. The molecule has 2 amide bonds. The molecule has 1 aliphatic heterocycles. The van der Waals surface area contributed by atoms with Gasteiger partial charge in [-0.25, -0.2) is 0 Å². The van der Waals surface area contributed by atoms with Crippen LogP contribution in [0.3, 0.4) is 0 Å². The van der Waals surface area contributed by atoms with Gasteiger partial charge in [-0.2, -0.15) is 5.06 Å². The van der Waals surface area contributed by atoms with E-state index in [4.69, 9.17) is 9.57 Å². The molecule has 0 spiro atoms. The minimum Gasteiger partial charge on any atom is -0.491 e. The van der Waals surface area contributed by atoms with Crippen LogP contribution in [0.4, 0.5) is 5.69 Å². The van der Waals surface area contributed by atoms with E-state index in [9.17, 15) is 19.8 Å². The first-order valence-corrected chi connectivity index (χ1v) is 17.6. The SMILES string of the molecule is CNC(=O)c1cc(-c2cccc(CN3O[C@@H](CO)[C@@H]([C@H](C)O)[C@H]3C(=O)N[C@H]3C[C@@H]4C[C@@H]([C@@H]3C)C4(C)C)c2OCCN(C)C)cc(N(C)C)c1. The molecule has 3 aliphatic carbocycles. The highest BCUT2D eigenvalue weighted by Crippen LogP contribution is 2.61. The van der Waals surface area contributed by atoms with Crippen LogP contribution in [-0.2, 0) is 16.2 Å². The van der Waals surface area contributed by atoms with E-state index in [1.54, 1.807) is 19.0 Å². The zero-order valence-corrected chi connectivity index (χ0v) is 30.7. The van der Waals surface area contributed by atoms with Crippen LogP contribution in [0, 0.1) is 29.1 Å². The zero-order valence-electron chi connectivity index (χ0n) is 30.7. The number of likely N-dealkylation sites (N-methyl/N-ethyl adjacent to an activating group) is 1. The summed E-state index contributed by atoms with van der Waals surface area (Å²) in [6.07, 6.45) is 0.493. The third-order valence-corrected chi connectivity index (χ3v) is 11.5. The minimum absolute atomic E-state index is 0.0423. The summed E-state index contributed by atoms with van der Waals surface area (Å²) >= 11 is 0. The van der Waals surface area contributed by atoms with Crippen molar-refractivity contribution < 1.29 is 29.4 Å². The number of hydrogen-bond donors (Lipinski definition) is 4. The molecule has 2 bridgehead atoms. The number of anilines is 1. The van der Waals surface area contributed by atoms with Crippen molar-refractivity contribution in [2.75, 3.05) is 59.9 Å². The van der Waals surface area contributed by atoms with E-state index in [0.29, 0.717) is 42.2 Å². The molecule has 1 heterocycles. The van der Waals surface area contributed by atoms with Crippen LogP contribution in [0.5, 0.6) is 5.75 Å². The van der Waals surface area contributed by atoms with Gasteiger partial charge in [0.1, 0.15) is 24.5 Å². The van der Waals surface area contributed by atoms with Crippen molar-refractivity contribution in [2.24, 2.45) is 29.1 Å². The molecule has 3 saturated carbocycles. The predicted octanol–water partition coefficient (Wildman–Crippen LogP) is 3.38. The highest BCUT2D eigenvalue weighted by molar-refractivity contribution is 5.97. The van der Waals surface area contributed by atoms with Crippen molar-refractivity contribution >= 4 is 17.5 Å². The molecular weight excluding hydrogens is 622 g/mol. The second-order valence-corrected chi connectivity index (χ2v) is 15.4. The van der Waals surface area contributed by atoms with E-state index in [-0.39, 0.29) is 36.4 Å². The maximum Gasteiger partial charge on any atom is 0.251 e. The van der Waals surface area contributed by atoms with Gasteiger partial charge in [-0.3, -0.25) is 14.4 Å². The molecule has 0 unspecified atom stereocenters. The van der Waals surface area contributed by atoms with Crippen molar-refractivity contribution in [1.29, 1.82) is 0 Å². The number of ether oxygens (including phenoxy) is 1. The maximum absolute atomic E-state index is 14.3. The number of amides is 2. The molecule has 49 heavy (non-hydrogen) atoms. The maximum atomic E-state index is 14.3. The van der Waals surface area contributed by atoms with Gasteiger partial charge in [-0.15, -0.1) is 0 Å². The molecule has 4 fully saturated rings. The van der Waals surface area contributed by atoms with Gasteiger partial charge in [0, 0.05) is 62.0 Å². The van der Waals surface area contributed by atoms with Crippen LogP contribution < -0.4 is 20.3 Å². The number of carbonyl (C=O) groups is 2. The normalized spacial score (nSPS) is 28.1. The van der Waals surface area contributed by atoms with E-state index < -0.39 is 24.2 Å². The number of nitrogens with zero attached hydrogens (tertiary/aromatic N) is 3. The fourth-order valence-electron chi connectivity index (χ4n) is 8.39. The van der Waals surface area contributed by atoms with Gasteiger partial charge in [0.2, 0.25) is 5.91 Å². The number of rotatable bonds is 13. The largest absolute Gasteiger partial charge is 0.491 e. The van der Waals surface area contributed by atoms with Crippen LogP contribution in [0.25, 0.3) is 11.1 Å². The first kappa shape index (κ1) is 37.0. The van der Waals surface area contributed by atoms with Crippen LogP contribution >= 0.6 is 0 Å². The van der Waals surface area contributed by atoms with Crippen molar-refractivity contribution in [3.63, 3.8) is 0 Å². The second kappa shape index (κ2) is 14.9. The molecule has 2 aromatic rings. The van der Waals surface area contributed by atoms with E-state index in [1.165, 1.54) is 6.42 Å². The Morgan fingerprint density at radius 3 is 2.47 bits per heavy atom. The summed E-state index contributed by atoms with van der Waals surface area (Å²) in [7, 11) is 9.44. The fraction of sp³-hybridized carbons (Fsp3) is 0.632. The second-order valence-electron chi connectivity index (χ2n) is 15.4.